The van der Waals surface area contributed by atoms with Crippen LogP contribution < -0.4 is 5.73 Å². The molecule has 0 amide bonds. The van der Waals surface area contributed by atoms with Crippen molar-refractivity contribution in [3.63, 3.8) is 0 Å². The van der Waals surface area contributed by atoms with Gasteiger partial charge in [-0.25, -0.2) is 0 Å². The van der Waals surface area contributed by atoms with Gasteiger partial charge in [0.15, 0.2) is 0 Å². The first-order chi connectivity index (χ1) is 7.73. The highest BCUT2D eigenvalue weighted by Crippen LogP contribution is 2.17. The lowest BCUT2D eigenvalue weighted by molar-refractivity contribution is 0.0522. The van der Waals surface area contributed by atoms with Gasteiger partial charge in [-0.15, -0.1) is 0 Å². The highest BCUT2D eigenvalue weighted by molar-refractivity contribution is 5.24. The molecule has 0 spiro atoms. The van der Waals surface area contributed by atoms with Crippen LogP contribution in [0, 0.1) is 0 Å². The van der Waals surface area contributed by atoms with Crippen LogP contribution in [0.1, 0.15) is 25.3 Å². The van der Waals surface area contributed by atoms with Crippen molar-refractivity contribution >= 4 is 0 Å². The van der Waals surface area contributed by atoms with Crippen LogP contribution in [0.5, 0.6) is 0 Å². The van der Waals surface area contributed by atoms with E-state index in [1.54, 1.807) is 0 Å². The second-order valence-corrected chi connectivity index (χ2v) is 4.09. The summed E-state index contributed by atoms with van der Waals surface area (Å²) in [7, 11) is 0. The van der Waals surface area contributed by atoms with Crippen LogP contribution >= 0.6 is 0 Å². The molecule has 0 radical (unpaired) electrons. The van der Waals surface area contributed by atoms with Crippen molar-refractivity contribution in [2.45, 2.75) is 25.3 Å². The second kappa shape index (κ2) is 6.63. The highest BCUT2D eigenvalue weighted by Gasteiger charge is 2.26. The van der Waals surface area contributed by atoms with Gasteiger partial charge in [-0.1, -0.05) is 43.7 Å². The molecule has 0 fully saturated rings. The summed E-state index contributed by atoms with van der Waals surface area (Å²) in [5.74, 6) is 0. The second-order valence-electron chi connectivity index (χ2n) is 4.09. The first kappa shape index (κ1) is 13.2. The first-order valence-corrected chi connectivity index (χ1v) is 5.76. The van der Waals surface area contributed by atoms with Gasteiger partial charge in [-0.05, 0) is 12.0 Å². The number of aliphatic hydroxyl groups excluding tert-OH is 1. The maximum Gasteiger partial charge on any atom is 0.0881 e. The maximum atomic E-state index is 9.39. The minimum Gasteiger partial charge on any atom is -0.394 e. The summed E-state index contributed by atoms with van der Waals surface area (Å²) in [6, 6.07) is 9.59. The third-order valence-electron chi connectivity index (χ3n) is 2.63. The molecule has 0 saturated heterocycles. The largest absolute Gasteiger partial charge is 0.394 e. The summed E-state index contributed by atoms with van der Waals surface area (Å²) in [5, 5.41) is 9.39. The Bertz CT molecular complexity index is 289. The van der Waals surface area contributed by atoms with E-state index in [2.05, 4.69) is 6.92 Å². The van der Waals surface area contributed by atoms with Crippen molar-refractivity contribution in [2.24, 2.45) is 5.73 Å². The molecule has 16 heavy (non-hydrogen) atoms. The Morgan fingerprint density at radius 3 is 2.56 bits per heavy atom. The first-order valence-electron chi connectivity index (χ1n) is 5.76. The summed E-state index contributed by atoms with van der Waals surface area (Å²) >= 11 is 0. The molecule has 0 aliphatic rings. The summed E-state index contributed by atoms with van der Waals surface area (Å²) in [6.07, 6.45) is 2.12. The van der Waals surface area contributed by atoms with Gasteiger partial charge in [-0.2, -0.15) is 0 Å². The standard InChI is InChI=1S/C13H21NO2/c1-2-3-9-16-11-13(14,10-15)12-7-5-4-6-8-12/h4-8,15H,2-3,9-11,14H2,1H3. The van der Waals surface area contributed by atoms with Gasteiger partial charge < -0.3 is 15.6 Å². The molecule has 1 unspecified atom stereocenters. The molecular weight excluding hydrogens is 202 g/mol. The molecule has 0 aliphatic heterocycles. The number of hydrogen-bond acceptors (Lipinski definition) is 3. The number of aliphatic hydroxyl groups is 1. The molecule has 0 aromatic heterocycles. The number of nitrogens with two attached hydrogens (primary N) is 1. The number of ether oxygens (including phenoxy) is 1. The predicted octanol–water partition coefficient (Wildman–Crippen LogP) is 1.65. The van der Waals surface area contributed by atoms with Crippen molar-refractivity contribution in [3.05, 3.63) is 35.9 Å². The molecule has 1 atom stereocenters. The molecule has 0 aliphatic carbocycles. The van der Waals surface area contributed by atoms with Gasteiger partial charge in [0.1, 0.15) is 0 Å². The topological polar surface area (TPSA) is 55.5 Å². The lowest BCUT2D eigenvalue weighted by atomic mass is 9.93. The zero-order chi connectivity index (χ0) is 11.9. The highest BCUT2D eigenvalue weighted by atomic mass is 16.5. The van der Waals surface area contributed by atoms with E-state index in [0.29, 0.717) is 13.2 Å². The van der Waals surface area contributed by atoms with Crippen LogP contribution in [-0.4, -0.2) is 24.9 Å². The maximum absolute atomic E-state index is 9.39. The van der Waals surface area contributed by atoms with Crippen molar-refractivity contribution in [1.82, 2.24) is 0 Å². The minimum absolute atomic E-state index is 0.108. The Morgan fingerprint density at radius 2 is 2.00 bits per heavy atom. The smallest absolute Gasteiger partial charge is 0.0881 e. The lowest BCUT2D eigenvalue weighted by Crippen LogP contribution is -2.45. The fraction of sp³-hybridized carbons (Fsp3) is 0.538. The van der Waals surface area contributed by atoms with Crippen molar-refractivity contribution < 1.29 is 9.84 Å². The molecule has 90 valence electrons. The average Bonchev–Trinajstić information content (AvgIpc) is 2.35. The normalized spacial score (nSPS) is 14.7. The van der Waals surface area contributed by atoms with Gasteiger partial charge in [0.25, 0.3) is 0 Å². The van der Waals surface area contributed by atoms with Crippen LogP contribution in [0.25, 0.3) is 0 Å². The average molecular weight is 223 g/mol. The van der Waals surface area contributed by atoms with Gasteiger partial charge in [0.2, 0.25) is 0 Å². The number of hydrogen-bond donors (Lipinski definition) is 2. The molecule has 0 bridgehead atoms. The number of unbranched alkanes of at least 4 members (excludes halogenated alkanes) is 1. The molecule has 1 aromatic carbocycles. The van der Waals surface area contributed by atoms with E-state index in [4.69, 9.17) is 10.5 Å². The zero-order valence-electron chi connectivity index (χ0n) is 9.86. The zero-order valence-corrected chi connectivity index (χ0v) is 9.86. The van der Waals surface area contributed by atoms with Crippen LogP contribution in [0.15, 0.2) is 30.3 Å². The lowest BCUT2D eigenvalue weighted by Gasteiger charge is -2.27. The molecule has 0 saturated carbocycles. The van der Waals surface area contributed by atoms with Crippen LogP contribution in [0.3, 0.4) is 0 Å². The molecule has 1 aromatic rings. The Kier molecular flexibility index (Phi) is 5.46. The summed E-state index contributed by atoms with van der Waals surface area (Å²) in [5.41, 5.74) is 6.25. The fourth-order valence-electron chi connectivity index (χ4n) is 1.49. The van der Waals surface area contributed by atoms with E-state index >= 15 is 0 Å². The Labute approximate surface area is 97.2 Å². The van der Waals surface area contributed by atoms with E-state index < -0.39 is 5.54 Å². The third kappa shape index (κ3) is 3.59. The van der Waals surface area contributed by atoms with Gasteiger partial charge >= 0.3 is 0 Å². The van der Waals surface area contributed by atoms with Gasteiger partial charge in [0.05, 0.1) is 18.8 Å². The van der Waals surface area contributed by atoms with E-state index in [1.165, 1.54) is 0 Å². The summed E-state index contributed by atoms with van der Waals surface area (Å²) in [6.45, 7) is 3.06. The van der Waals surface area contributed by atoms with Gasteiger partial charge in [0, 0.05) is 6.61 Å². The number of benzene rings is 1. The third-order valence-corrected chi connectivity index (χ3v) is 2.63. The Morgan fingerprint density at radius 1 is 1.31 bits per heavy atom. The quantitative estimate of drug-likeness (QED) is 0.691. The summed E-state index contributed by atoms with van der Waals surface area (Å²) < 4.78 is 5.50. The fourth-order valence-corrected chi connectivity index (χ4v) is 1.49. The van der Waals surface area contributed by atoms with E-state index in [9.17, 15) is 5.11 Å². The molecule has 0 heterocycles. The van der Waals surface area contributed by atoms with Crippen LogP contribution in [0.2, 0.25) is 0 Å². The molecular formula is C13H21NO2. The van der Waals surface area contributed by atoms with Crippen LogP contribution in [0.4, 0.5) is 0 Å². The molecule has 3 N–H and O–H groups in total. The van der Waals surface area contributed by atoms with E-state index in [1.807, 2.05) is 30.3 Å². The van der Waals surface area contributed by atoms with Crippen molar-refractivity contribution in [3.8, 4) is 0 Å². The monoisotopic (exact) mass is 223 g/mol. The van der Waals surface area contributed by atoms with Crippen molar-refractivity contribution in [2.75, 3.05) is 19.8 Å². The Balaban J connectivity index is 2.56. The summed E-state index contributed by atoms with van der Waals surface area (Å²) in [4.78, 5) is 0. The molecule has 1 rings (SSSR count). The molecule has 3 nitrogen and oxygen atoms in total. The molecule has 3 heteroatoms. The van der Waals surface area contributed by atoms with Crippen LogP contribution in [-0.2, 0) is 10.3 Å². The van der Waals surface area contributed by atoms with E-state index in [-0.39, 0.29) is 6.61 Å². The predicted molar refractivity (Wildman–Crippen MR) is 65.1 cm³/mol. The number of rotatable bonds is 7. The van der Waals surface area contributed by atoms with Gasteiger partial charge in [-0.3, -0.25) is 0 Å². The Hall–Kier alpha value is -0.900. The van der Waals surface area contributed by atoms with Crippen molar-refractivity contribution in [1.29, 1.82) is 0 Å². The minimum atomic E-state index is -0.783. The SMILES string of the molecule is CCCCOCC(N)(CO)c1ccccc1. The van der Waals surface area contributed by atoms with E-state index in [0.717, 1.165) is 18.4 Å².